The minimum absolute atomic E-state index is 0.0287. The molecule has 0 atom stereocenters. The Hall–Kier alpha value is -2.80. The molecule has 3 rings (SSSR count). The highest BCUT2D eigenvalue weighted by atomic mass is 35.5. The summed E-state index contributed by atoms with van der Waals surface area (Å²) in [6.07, 6.45) is -4.06. The quantitative estimate of drug-likeness (QED) is 0.705. The fourth-order valence-electron chi connectivity index (χ4n) is 2.28. The van der Waals surface area contributed by atoms with Crippen molar-refractivity contribution in [3.05, 3.63) is 86.8 Å². The summed E-state index contributed by atoms with van der Waals surface area (Å²) in [5.41, 5.74) is 0.283. The summed E-state index contributed by atoms with van der Waals surface area (Å²) in [4.78, 5) is 11.0. The molecule has 0 fully saturated rings. The van der Waals surface area contributed by atoms with Gasteiger partial charge in [0.2, 0.25) is 0 Å². The number of benzene rings is 2. The standard InChI is InChI=1S/C18H12ClF3N2O2/c19-15-6-4-11(8-13-5-7-17(25)24-23-13)9-16(15)26-14-3-1-2-12(10-14)18(20,21)22/h1-7,9-10H,8H2,(H,24,25). The fraction of sp³-hybridized carbons (Fsp3) is 0.111. The Labute approximate surface area is 151 Å². The SMILES string of the molecule is O=c1ccc(Cc2ccc(Cl)c(Oc3cccc(C(F)(F)F)c3)c2)n[nH]1. The molecule has 0 amide bonds. The van der Waals surface area contributed by atoms with Gasteiger partial charge in [-0.25, -0.2) is 5.10 Å². The molecule has 0 aliphatic rings. The first-order chi connectivity index (χ1) is 12.3. The summed E-state index contributed by atoms with van der Waals surface area (Å²) in [5.74, 6) is 0.258. The van der Waals surface area contributed by atoms with Gasteiger partial charge < -0.3 is 4.74 Å². The number of aromatic amines is 1. The van der Waals surface area contributed by atoms with Crippen molar-refractivity contribution in [2.45, 2.75) is 12.6 Å². The topological polar surface area (TPSA) is 55.0 Å². The molecular formula is C18H12ClF3N2O2. The van der Waals surface area contributed by atoms with Crippen molar-refractivity contribution in [2.24, 2.45) is 0 Å². The molecule has 0 radical (unpaired) electrons. The Morgan fingerprint density at radius 1 is 1.08 bits per heavy atom. The van der Waals surface area contributed by atoms with Crippen LogP contribution in [0, 0.1) is 0 Å². The second-order valence-corrected chi connectivity index (χ2v) is 5.89. The highest BCUT2D eigenvalue weighted by Gasteiger charge is 2.30. The van der Waals surface area contributed by atoms with E-state index in [1.807, 2.05) is 0 Å². The van der Waals surface area contributed by atoms with E-state index in [0.29, 0.717) is 12.1 Å². The van der Waals surface area contributed by atoms with E-state index < -0.39 is 11.7 Å². The Morgan fingerprint density at radius 3 is 2.58 bits per heavy atom. The summed E-state index contributed by atoms with van der Waals surface area (Å²) >= 11 is 6.09. The number of H-pyrrole nitrogens is 1. The second kappa shape index (κ2) is 7.21. The van der Waals surface area contributed by atoms with Gasteiger partial charge in [0.05, 0.1) is 16.3 Å². The molecule has 2 aromatic carbocycles. The van der Waals surface area contributed by atoms with Crippen LogP contribution in [0.1, 0.15) is 16.8 Å². The van der Waals surface area contributed by atoms with Crippen LogP contribution in [0.2, 0.25) is 5.02 Å². The first kappa shape index (κ1) is 18.0. The van der Waals surface area contributed by atoms with Crippen molar-refractivity contribution in [2.75, 3.05) is 0 Å². The van der Waals surface area contributed by atoms with Gasteiger partial charge in [-0.1, -0.05) is 23.7 Å². The van der Waals surface area contributed by atoms with Gasteiger partial charge in [0.15, 0.2) is 0 Å². The molecule has 4 nitrogen and oxygen atoms in total. The van der Waals surface area contributed by atoms with Crippen LogP contribution in [-0.2, 0) is 12.6 Å². The van der Waals surface area contributed by atoms with Crippen molar-refractivity contribution in [3.63, 3.8) is 0 Å². The Morgan fingerprint density at radius 2 is 1.88 bits per heavy atom. The zero-order chi connectivity index (χ0) is 18.7. The lowest BCUT2D eigenvalue weighted by atomic mass is 10.1. The number of nitrogens with zero attached hydrogens (tertiary/aromatic N) is 1. The number of hydrogen-bond donors (Lipinski definition) is 1. The molecule has 0 bridgehead atoms. The van der Waals surface area contributed by atoms with Crippen LogP contribution in [0.15, 0.2) is 59.4 Å². The van der Waals surface area contributed by atoms with Crippen LogP contribution in [0.4, 0.5) is 13.2 Å². The maximum absolute atomic E-state index is 12.8. The summed E-state index contributed by atoms with van der Waals surface area (Å²) in [7, 11) is 0. The Balaban J connectivity index is 1.84. The molecule has 8 heteroatoms. The minimum Gasteiger partial charge on any atom is -0.456 e. The van der Waals surface area contributed by atoms with Crippen LogP contribution in [0.25, 0.3) is 0 Å². The van der Waals surface area contributed by atoms with Crippen molar-refractivity contribution in [3.8, 4) is 11.5 Å². The van der Waals surface area contributed by atoms with Crippen molar-refractivity contribution >= 4 is 11.6 Å². The Kier molecular flexibility index (Phi) is 4.99. The van der Waals surface area contributed by atoms with Crippen LogP contribution in [0.5, 0.6) is 11.5 Å². The zero-order valence-corrected chi connectivity index (χ0v) is 13.9. The van der Waals surface area contributed by atoms with E-state index in [1.54, 1.807) is 24.3 Å². The van der Waals surface area contributed by atoms with Crippen molar-refractivity contribution in [1.82, 2.24) is 10.2 Å². The van der Waals surface area contributed by atoms with Gasteiger partial charge in [-0.2, -0.15) is 18.3 Å². The normalized spacial score (nSPS) is 11.4. The third-order valence-corrected chi connectivity index (χ3v) is 3.82. The minimum atomic E-state index is -4.46. The van der Waals surface area contributed by atoms with Crippen molar-refractivity contribution in [1.29, 1.82) is 0 Å². The lowest BCUT2D eigenvalue weighted by Gasteiger charge is -2.12. The van der Waals surface area contributed by atoms with Crippen LogP contribution >= 0.6 is 11.6 Å². The van der Waals surface area contributed by atoms with E-state index in [9.17, 15) is 18.0 Å². The molecular weight excluding hydrogens is 369 g/mol. The van der Waals surface area contributed by atoms with E-state index in [-0.39, 0.29) is 22.1 Å². The van der Waals surface area contributed by atoms with E-state index in [2.05, 4.69) is 10.2 Å². The molecule has 26 heavy (non-hydrogen) atoms. The third kappa shape index (κ3) is 4.43. The first-order valence-electron chi connectivity index (χ1n) is 7.49. The molecule has 1 heterocycles. The molecule has 0 saturated heterocycles. The Bertz CT molecular complexity index is 966. The van der Waals surface area contributed by atoms with Gasteiger partial charge in [-0.3, -0.25) is 4.79 Å². The number of aromatic nitrogens is 2. The van der Waals surface area contributed by atoms with Crippen LogP contribution in [0.3, 0.4) is 0 Å². The molecule has 1 aromatic heterocycles. The predicted molar refractivity (Wildman–Crippen MR) is 90.6 cm³/mol. The molecule has 0 spiro atoms. The van der Waals surface area contributed by atoms with Gasteiger partial charge >= 0.3 is 6.18 Å². The van der Waals surface area contributed by atoms with Gasteiger partial charge in [-0.05, 0) is 42.0 Å². The highest BCUT2D eigenvalue weighted by molar-refractivity contribution is 6.32. The summed E-state index contributed by atoms with van der Waals surface area (Å²) in [6.45, 7) is 0. The maximum Gasteiger partial charge on any atom is 0.416 e. The fourth-order valence-corrected chi connectivity index (χ4v) is 2.44. The third-order valence-electron chi connectivity index (χ3n) is 3.51. The van der Waals surface area contributed by atoms with E-state index >= 15 is 0 Å². The summed E-state index contributed by atoms with van der Waals surface area (Å²) in [5, 5.41) is 6.51. The number of nitrogens with one attached hydrogen (secondary N) is 1. The average molecular weight is 381 g/mol. The molecule has 1 N–H and O–H groups in total. The average Bonchev–Trinajstić information content (AvgIpc) is 2.59. The molecule has 0 saturated carbocycles. The molecule has 0 aliphatic heterocycles. The number of ether oxygens (including phenoxy) is 1. The van der Waals surface area contributed by atoms with Gasteiger partial charge in [-0.15, -0.1) is 0 Å². The lowest BCUT2D eigenvalue weighted by molar-refractivity contribution is -0.137. The van der Waals surface area contributed by atoms with Gasteiger partial charge in [0.25, 0.3) is 5.56 Å². The lowest BCUT2D eigenvalue weighted by Crippen LogP contribution is -2.07. The number of halogens is 4. The summed E-state index contributed by atoms with van der Waals surface area (Å²) < 4.78 is 44.0. The maximum atomic E-state index is 12.8. The van der Waals surface area contributed by atoms with E-state index in [4.69, 9.17) is 16.3 Å². The number of alkyl halides is 3. The molecule has 134 valence electrons. The summed E-state index contributed by atoms with van der Waals surface area (Å²) in [6, 6.07) is 12.5. The van der Waals surface area contributed by atoms with Gasteiger partial charge in [0.1, 0.15) is 11.5 Å². The zero-order valence-electron chi connectivity index (χ0n) is 13.2. The monoisotopic (exact) mass is 380 g/mol. The van der Waals surface area contributed by atoms with E-state index in [0.717, 1.165) is 17.7 Å². The number of hydrogen-bond acceptors (Lipinski definition) is 3. The highest BCUT2D eigenvalue weighted by Crippen LogP contribution is 2.35. The smallest absolute Gasteiger partial charge is 0.416 e. The molecule has 0 aliphatic carbocycles. The largest absolute Gasteiger partial charge is 0.456 e. The first-order valence-corrected chi connectivity index (χ1v) is 7.87. The number of rotatable bonds is 4. The second-order valence-electron chi connectivity index (χ2n) is 5.48. The van der Waals surface area contributed by atoms with Crippen LogP contribution < -0.4 is 10.3 Å². The molecule has 0 unspecified atom stereocenters. The predicted octanol–water partition coefficient (Wildman–Crippen LogP) is 4.83. The van der Waals surface area contributed by atoms with Gasteiger partial charge in [0, 0.05) is 12.5 Å². The van der Waals surface area contributed by atoms with Crippen molar-refractivity contribution < 1.29 is 17.9 Å². The molecule has 3 aromatic rings. The van der Waals surface area contributed by atoms with Crippen LogP contribution in [-0.4, -0.2) is 10.2 Å². The van der Waals surface area contributed by atoms with E-state index in [1.165, 1.54) is 18.2 Å².